The highest BCUT2D eigenvalue weighted by atomic mass is 35.5. The third-order valence-corrected chi connectivity index (χ3v) is 3.05. The van der Waals surface area contributed by atoms with Gasteiger partial charge in [0.05, 0.1) is 0 Å². The summed E-state index contributed by atoms with van der Waals surface area (Å²) in [6.07, 6.45) is 2.61. The second kappa shape index (κ2) is 5.53. The predicted octanol–water partition coefficient (Wildman–Crippen LogP) is 3.66. The van der Waals surface area contributed by atoms with Crippen LogP contribution in [0.2, 0.25) is 0 Å². The van der Waals surface area contributed by atoms with Crippen molar-refractivity contribution >= 4 is 12.4 Å². The van der Waals surface area contributed by atoms with Crippen LogP contribution in [-0.2, 0) is 0 Å². The first kappa shape index (κ1) is 12.5. The van der Waals surface area contributed by atoms with Crippen molar-refractivity contribution in [2.45, 2.75) is 38.6 Å². The largest absolute Gasteiger partial charge is 0.310 e. The molecule has 0 aliphatic carbocycles. The van der Waals surface area contributed by atoms with Gasteiger partial charge in [-0.3, -0.25) is 0 Å². The van der Waals surface area contributed by atoms with E-state index >= 15 is 0 Å². The van der Waals surface area contributed by atoms with E-state index in [0.29, 0.717) is 12.0 Å². The van der Waals surface area contributed by atoms with Crippen LogP contribution in [0, 0.1) is 0 Å². The average Bonchev–Trinajstić information content (AvgIpc) is 2.70. The lowest BCUT2D eigenvalue weighted by Crippen LogP contribution is -2.14. The van der Waals surface area contributed by atoms with Crippen molar-refractivity contribution in [3.8, 4) is 0 Å². The summed E-state index contributed by atoms with van der Waals surface area (Å²) in [5.41, 5.74) is 3.02. The van der Waals surface area contributed by atoms with Crippen LogP contribution in [0.25, 0.3) is 0 Å². The van der Waals surface area contributed by atoms with Crippen LogP contribution in [0.1, 0.15) is 49.8 Å². The van der Waals surface area contributed by atoms with Crippen LogP contribution in [0.15, 0.2) is 24.3 Å². The second-order valence-electron chi connectivity index (χ2n) is 4.43. The molecule has 15 heavy (non-hydrogen) atoms. The molecule has 0 amide bonds. The lowest BCUT2D eigenvalue weighted by Gasteiger charge is -2.17. The normalized spacial score (nSPS) is 20.3. The number of halogens is 1. The molecule has 1 aliphatic heterocycles. The van der Waals surface area contributed by atoms with E-state index in [-0.39, 0.29) is 12.4 Å². The fourth-order valence-corrected chi connectivity index (χ4v) is 2.30. The minimum Gasteiger partial charge on any atom is -0.310 e. The Morgan fingerprint density at radius 2 is 2.00 bits per heavy atom. The number of nitrogens with one attached hydrogen (secondary N) is 1. The van der Waals surface area contributed by atoms with Gasteiger partial charge < -0.3 is 5.32 Å². The number of hydrogen-bond acceptors (Lipinski definition) is 1. The molecule has 0 spiro atoms. The van der Waals surface area contributed by atoms with Crippen LogP contribution in [0.4, 0.5) is 0 Å². The average molecular weight is 226 g/mol. The first-order valence-corrected chi connectivity index (χ1v) is 5.61. The van der Waals surface area contributed by atoms with Crippen molar-refractivity contribution in [3.05, 3.63) is 35.4 Å². The molecule has 1 nitrogen and oxygen atoms in total. The molecule has 84 valence electrons. The number of rotatable bonds is 2. The highest BCUT2D eigenvalue weighted by Gasteiger charge is 2.19. The van der Waals surface area contributed by atoms with E-state index in [1.54, 1.807) is 0 Å². The molecule has 1 aromatic carbocycles. The van der Waals surface area contributed by atoms with Crippen molar-refractivity contribution in [3.63, 3.8) is 0 Å². The van der Waals surface area contributed by atoms with E-state index < -0.39 is 0 Å². The van der Waals surface area contributed by atoms with Crippen molar-refractivity contribution in [2.75, 3.05) is 6.54 Å². The summed E-state index contributed by atoms with van der Waals surface area (Å²) in [6.45, 7) is 5.72. The Morgan fingerprint density at radius 1 is 1.27 bits per heavy atom. The molecule has 2 rings (SSSR count). The third kappa shape index (κ3) is 2.73. The molecule has 1 aliphatic rings. The highest BCUT2D eigenvalue weighted by Crippen LogP contribution is 2.29. The molecule has 1 unspecified atom stereocenters. The van der Waals surface area contributed by atoms with Gasteiger partial charge in [-0.05, 0) is 36.4 Å². The maximum Gasteiger partial charge on any atom is 0.0323 e. The highest BCUT2D eigenvalue weighted by molar-refractivity contribution is 5.85. The molecule has 1 saturated heterocycles. The molecule has 1 fully saturated rings. The van der Waals surface area contributed by atoms with E-state index in [1.165, 1.54) is 30.5 Å². The molecule has 0 bridgehead atoms. The van der Waals surface area contributed by atoms with Gasteiger partial charge in [0, 0.05) is 6.04 Å². The summed E-state index contributed by atoms with van der Waals surface area (Å²) in [4.78, 5) is 0. The molecule has 1 atom stereocenters. The third-order valence-electron chi connectivity index (χ3n) is 3.05. The van der Waals surface area contributed by atoms with E-state index in [4.69, 9.17) is 0 Å². The SMILES string of the molecule is CC(C)c1ccccc1C1CCCN1.Cl. The van der Waals surface area contributed by atoms with Crippen LogP contribution in [-0.4, -0.2) is 6.54 Å². The lowest BCUT2D eigenvalue weighted by molar-refractivity contribution is 0.633. The summed E-state index contributed by atoms with van der Waals surface area (Å²) < 4.78 is 0. The summed E-state index contributed by atoms with van der Waals surface area (Å²) in [6, 6.07) is 9.45. The summed E-state index contributed by atoms with van der Waals surface area (Å²) in [7, 11) is 0. The number of benzene rings is 1. The topological polar surface area (TPSA) is 12.0 Å². The first-order chi connectivity index (χ1) is 6.79. The van der Waals surface area contributed by atoms with Crippen LogP contribution in [0.5, 0.6) is 0 Å². The van der Waals surface area contributed by atoms with Crippen molar-refractivity contribution in [1.82, 2.24) is 5.32 Å². The zero-order valence-corrected chi connectivity index (χ0v) is 10.3. The van der Waals surface area contributed by atoms with E-state index in [9.17, 15) is 0 Å². The molecule has 1 aromatic rings. The van der Waals surface area contributed by atoms with Gasteiger partial charge in [0.1, 0.15) is 0 Å². The van der Waals surface area contributed by atoms with Crippen LogP contribution in [0.3, 0.4) is 0 Å². The summed E-state index contributed by atoms with van der Waals surface area (Å²) >= 11 is 0. The zero-order valence-electron chi connectivity index (χ0n) is 9.49. The molecule has 0 aromatic heterocycles. The van der Waals surface area contributed by atoms with Gasteiger partial charge in [-0.15, -0.1) is 12.4 Å². The Labute approximate surface area is 98.7 Å². The van der Waals surface area contributed by atoms with Crippen LogP contribution >= 0.6 is 12.4 Å². The molecule has 1 heterocycles. The van der Waals surface area contributed by atoms with Gasteiger partial charge in [0.25, 0.3) is 0 Å². The molecular weight excluding hydrogens is 206 g/mol. The quantitative estimate of drug-likeness (QED) is 0.810. The fraction of sp³-hybridized carbons (Fsp3) is 0.538. The minimum atomic E-state index is 0. The maximum atomic E-state index is 3.57. The summed E-state index contributed by atoms with van der Waals surface area (Å²) in [5, 5.41) is 3.57. The minimum absolute atomic E-state index is 0. The Hall–Kier alpha value is -0.530. The monoisotopic (exact) mass is 225 g/mol. The Morgan fingerprint density at radius 3 is 2.60 bits per heavy atom. The fourth-order valence-electron chi connectivity index (χ4n) is 2.30. The van der Waals surface area contributed by atoms with Gasteiger partial charge in [-0.25, -0.2) is 0 Å². The standard InChI is InChI=1S/C13H19N.ClH/c1-10(2)11-6-3-4-7-12(11)13-8-5-9-14-13;/h3-4,6-7,10,13-14H,5,8-9H2,1-2H3;1H. The molecule has 0 radical (unpaired) electrons. The van der Waals surface area contributed by atoms with E-state index in [2.05, 4.69) is 43.4 Å². The summed E-state index contributed by atoms with van der Waals surface area (Å²) in [5.74, 6) is 0.633. The van der Waals surface area contributed by atoms with E-state index in [1.807, 2.05) is 0 Å². The van der Waals surface area contributed by atoms with E-state index in [0.717, 1.165) is 0 Å². The number of hydrogen-bond donors (Lipinski definition) is 1. The Kier molecular flexibility index (Phi) is 4.62. The molecule has 1 N–H and O–H groups in total. The molecule has 2 heteroatoms. The zero-order chi connectivity index (χ0) is 9.97. The van der Waals surface area contributed by atoms with Crippen LogP contribution < -0.4 is 5.32 Å². The predicted molar refractivity (Wildman–Crippen MR) is 67.8 cm³/mol. The maximum absolute atomic E-state index is 3.57. The van der Waals surface area contributed by atoms with Crippen molar-refractivity contribution in [1.29, 1.82) is 0 Å². The van der Waals surface area contributed by atoms with Gasteiger partial charge in [0.15, 0.2) is 0 Å². The van der Waals surface area contributed by atoms with Gasteiger partial charge in [-0.2, -0.15) is 0 Å². The lowest BCUT2D eigenvalue weighted by atomic mass is 9.92. The van der Waals surface area contributed by atoms with Gasteiger partial charge in [0.2, 0.25) is 0 Å². The van der Waals surface area contributed by atoms with Gasteiger partial charge >= 0.3 is 0 Å². The second-order valence-corrected chi connectivity index (χ2v) is 4.43. The smallest absolute Gasteiger partial charge is 0.0323 e. The van der Waals surface area contributed by atoms with Crippen molar-refractivity contribution in [2.24, 2.45) is 0 Å². The first-order valence-electron chi connectivity index (χ1n) is 5.61. The molecular formula is C13H20ClN. The Bertz CT molecular complexity index is 303. The Balaban J connectivity index is 0.00000112. The molecule has 0 saturated carbocycles. The van der Waals surface area contributed by atoms with Gasteiger partial charge in [-0.1, -0.05) is 38.1 Å². The van der Waals surface area contributed by atoms with Crippen molar-refractivity contribution < 1.29 is 0 Å².